The molecule has 0 saturated heterocycles. The number of amides is 1. The molecule has 9 heteroatoms. The number of ether oxygens (including phenoxy) is 3. The zero-order valence-corrected chi connectivity index (χ0v) is 16.5. The minimum atomic E-state index is -3.60. The molecule has 8 nitrogen and oxygen atoms in total. The van der Waals surface area contributed by atoms with E-state index < -0.39 is 28.3 Å². The number of nitrogens with one attached hydrogen (secondary N) is 1. The van der Waals surface area contributed by atoms with Gasteiger partial charge >= 0.3 is 5.97 Å². The van der Waals surface area contributed by atoms with Crippen molar-refractivity contribution in [1.82, 2.24) is 0 Å². The van der Waals surface area contributed by atoms with Gasteiger partial charge in [0.1, 0.15) is 0 Å². The van der Waals surface area contributed by atoms with Crippen molar-refractivity contribution < 1.29 is 32.2 Å². The fourth-order valence-corrected chi connectivity index (χ4v) is 3.47. The van der Waals surface area contributed by atoms with Gasteiger partial charge in [0.2, 0.25) is 0 Å². The van der Waals surface area contributed by atoms with Crippen LogP contribution in [-0.2, 0) is 19.4 Å². The number of methoxy groups -OCH3 is 2. The van der Waals surface area contributed by atoms with Crippen molar-refractivity contribution in [3.63, 3.8) is 0 Å². The molecule has 2 aromatic carbocycles. The molecule has 28 heavy (non-hydrogen) atoms. The molecule has 0 heterocycles. The lowest BCUT2D eigenvalue weighted by Crippen LogP contribution is -2.22. The molecule has 150 valence electrons. The molecule has 0 atom stereocenters. The van der Waals surface area contributed by atoms with Crippen LogP contribution in [0.1, 0.15) is 17.3 Å². The molecule has 0 radical (unpaired) electrons. The standard InChI is InChI=1S/C19H21NO7S/c1-4-28(23,24)17-8-6-5-7-14(17)19(22)27-12-18(21)20-13-9-10-15(25-2)16(11-13)26-3/h5-11H,4,12H2,1-3H3,(H,20,21). The molecule has 1 N–H and O–H groups in total. The summed E-state index contributed by atoms with van der Waals surface area (Å²) in [4.78, 5) is 24.2. The van der Waals surface area contributed by atoms with Gasteiger partial charge in [-0.2, -0.15) is 0 Å². The third-order valence-electron chi connectivity index (χ3n) is 3.82. The van der Waals surface area contributed by atoms with E-state index in [9.17, 15) is 18.0 Å². The van der Waals surface area contributed by atoms with E-state index in [1.807, 2.05) is 0 Å². The molecule has 0 unspecified atom stereocenters. The topological polar surface area (TPSA) is 108 Å². The van der Waals surface area contributed by atoms with Crippen LogP contribution in [0.15, 0.2) is 47.4 Å². The molecule has 0 saturated carbocycles. The SMILES string of the molecule is CCS(=O)(=O)c1ccccc1C(=O)OCC(=O)Nc1ccc(OC)c(OC)c1. The number of carbonyl (C=O) groups is 2. The number of hydrogen-bond donors (Lipinski definition) is 1. The van der Waals surface area contributed by atoms with Gasteiger partial charge in [-0.15, -0.1) is 0 Å². The van der Waals surface area contributed by atoms with Crippen LogP contribution in [0.3, 0.4) is 0 Å². The van der Waals surface area contributed by atoms with Crippen LogP contribution >= 0.6 is 0 Å². The van der Waals surface area contributed by atoms with Crippen molar-refractivity contribution in [1.29, 1.82) is 0 Å². The fourth-order valence-electron chi connectivity index (χ4n) is 2.38. The maximum Gasteiger partial charge on any atom is 0.339 e. The predicted molar refractivity (Wildman–Crippen MR) is 103 cm³/mol. The van der Waals surface area contributed by atoms with Crippen LogP contribution in [0, 0.1) is 0 Å². The maximum absolute atomic E-state index is 12.3. The van der Waals surface area contributed by atoms with E-state index in [1.165, 1.54) is 45.4 Å². The fraction of sp³-hybridized carbons (Fsp3) is 0.263. The van der Waals surface area contributed by atoms with Crippen molar-refractivity contribution in [3.8, 4) is 11.5 Å². The smallest absolute Gasteiger partial charge is 0.339 e. The number of carbonyl (C=O) groups excluding carboxylic acids is 2. The molecule has 2 aromatic rings. The van der Waals surface area contributed by atoms with Gasteiger partial charge < -0.3 is 19.5 Å². The number of esters is 1. The van der Waals surface area contributed by atoms with Gasteiger partial charge in [-0.25, -0.2) is 13.2 Å². The van der Waals surface area contributed by atoms with Crippen LogP contribution in [0.25, 0.3) is 0 Å². The van der Waals surface area contributed by atoms with E-state index in [0.29, 0.717) is 17.2 Å². The van der Waals surface area contributed by atoms with E-state index in [-0.39, 0.29) is 16.2 Å². The van der Waals surface area contributed by atoms with Gasteiger partial charge in [0.25, 0.3) is 5.91 Å². The van der Waals surface area contributed by atoms with Crippen molar-refractivity contribution in [2.75, 3.05) is 31.9 Å². The van der Waals surface area contributed by atoms with Crippen LogP contribution < -0.4 is 14.8 Å². The first-order valence-corrected chi connectivity index (χ1v) is 9.98. The van der Waals surface area contributed by atoms with E-state index >= 15 is 0 Å². The monoisotopic (exact) mass is 407 g/mol. The molecule has 0 aromatic heterocycles. The Bertz CT molecular complexity index is 970. The highest BCUT2D eigenvalue weighted by atomic mass is 32.2. The van der Waals surface area contributed by atoms with Gasteiger partial charge in [0.05, 0.1) is 30.4 Å². The first-order valence-electron chi connectivity index (χ1n) is 8.33. The molecule has 2 rings (SSSR count). The van der Waals surface area contributed by atoms with Crippen molar-refractivity contribution in [2.45, 2.75) is 11.8 Å². The van der Waals surface area contributed by atoms with Crippen LogP contribution in [-0.4, -0.2) is 46.9 Å². The van der Waals surface area contributed by atoms with Crippen LogP contribution in [0.2, 0.25) is 0 Å². The highest BCUT2D eigenvalue weighted by Gasteiger charge is 2.22. The summed E-state index contributed by atoms with van der Waals surface area (Å²) in [6, 6.07) is 10.5. The molecule has 0 fully saturated rings. The summed E-state index contributed by atoms with van der Waals surface area (Å²) in [6.45, 7) is 0.904. The Kier molecular flexibility index (Phi) is 7.00. The van der Waals surface area contributed by atoms with E-state index in [1.54, 1.807) is 18.2 Å². The highest BCUT2D eigenvalue weighted by molar-refractivity contribution is 7.91. The predicted octanol–water partition coefficient (Wildman–Crippen LogP) is 2.29. The van der Waals surface area contributed by atoms with Gasteiger partial charge in [0, 0.05) is 11.8 Å². The van der Waals surface area contributed by atoms with Gasteiger partial charge in [-0.05, 0) is 24.3 Å². The first kappa shape index (κ1) is 21.2. The van der Waals surface area contributed by atoms with E-state index in [2.05, 4.69) is 5.32 Å². The summed E-state index contributed by atoms with van der Waals surface area (Å²) < 4.78 is 39.5. The minimum Gasteiger partial charge on any atom is -0.493 e. The van der Waals surface area contributed by atoms with Gasteiger partial charge in [-0.3, -0.25) is 4.79 Å². The summed E-state index contributed by atoms with van der Waals surface area (Å²) in [6.07, 6.45) is 0. The van der Waals surface area contributed by atoms with Gasteiger partial charge in [0.15, 0.2) is 27.9 Å². The van der Waals surface area contributed by atoms with Crippen molar-refractivity contribution in [2.24, 2.45) is 0 Å². The lowest BCUT2D eigenvalue weighted by molar-refractivity contribution is -0.119. The number of hydrogen-bond acceptors (Lipinski definition) is 7. The third-order valence-corrected chi connectivity index (χ3v) is 5.61. The quantitative estimate of drug-likeness (QED) is 0.669. The molecule has 0 aliphatic carbocycles. The maximum atomic E-state index is 12.3. The second-order valence-electron chi connectivity index (χ2n) is 5.59. The Morgan fingerprint density at radius 2 is 1.68 bits per heavy atom. The van der Waals surface area contributed by atoms with Crippen molar-refractivity contribution in [3.05, 3.63) is 48.0 Å². The summed E-state index contributed by atoms with van der Waals surface area (Å²) in [5.41, 5.74) is 0.316. The Morgan fingerprint density at radius 1 is 1.00 bits per heavy atom. The highest BCUT2D eigenvalue weighted by Crippen LogP contribution is 2.29. The molecular weight excluding hydrogens is 386 g/mol. The molecule has 1 amide bonds. The van der Waals surface area contributed by atoms with Crippen LogP contribution in [0.4, 0.5) is 5.69 Å². The normalized spacial score (nSPS) is 10.8. The number of sulfone groups is 1. The van der Waals surface area contributed by atoms with Gasteiger partial charge in [-0.1, -0.05) is 19.1 Å². The lowest BCUT2D eigenvalue weighted by atomic mass is 10.2. The zero-order valence-electron chi connectivity index (χ0n) is 15.7. The Morgan fingerprint density at radius 3 is 2.32 bits per heavy atom. The van der Waals surface area contributed by atoms with Crippen molar-refractivity contribution >= 4 is 27.4 Å². The second kappa shape index (κ2) is 9.23. The molecular formula is C19H21NO7S. The lowest BCUT2D eigenvalue weighted by Gasteiger charge is -2.11. The summed E-state index contributed by atoms with van der Waals surface area (Å²) in [7, 11) is -0.645. The van der Waals surface area contributed by atoms with E-state index in [4.69, 9.17) is 14.2 Å². The minimum absolute atomic E-state index is 0.108. The van der Waals surface area contributed by atoms with E-state index in [0.717, 1.165) is 0 Å². The Labute approximate surface area is 163 Å². The Balaban J connectivity index is 2.05. The summed E-state index contributed by atoms with van der Waals surface area (Å²) in [5, 5.41) is 2.56. The Hall–Kier alpha value is -3.07. The molecule has 0 aliphatic rings. The largest absolute Gasteiger partial charge is 0.493 e. The summed E-state index contributed by atoms with van der Waals surface area (Å²) in [5.74, 6) is -0.708. The van der Waals surface area contributed by atoms with Crippen LogP contribution in [0.5, 0.6) is 11.5 Å². The number of anilines is 1. The molecule has 0 spiro atoms. The number of benzene rings is 2. The zero-order chi connectivity index (χ0) is 20.7. The molecule has 0 aliphatic heterocycles. The summed E-state index contributed by atoms with van der Waals surface area (Å²) >= 11 is 0. The first-order chi connectivity index (χ1) is 13.3. The second-order valence-corrected chi connectivity index (χ2v) is 7.84. The molecule has 0 bridgehead atoms. The number of rotatable bonds is 8. The average molecular weight is 407 g/mol. The average Bonchev–Trinajstić information content (AvgIpc) is 2.71. The third kappa shape index (κ3) is 5.01.